The summed E-state index contributed by atoms with van der Waals surface area (Å²) in [6, 6.07) is 7.57. The van der Waals surface area contributed by atoms with Gasteiger partial charge in [0.2, 0.25) is 0 Å². The molecule has 0 spiro atoms. The van der Waals surface area contributed by atoms with E-state index in [-0.39, 0.29) is 10.0 Å². The molecule has 5 heteroatoms. The Morgan fingerprint density at radius 2 is 1.95 bits per heavy atom. The summed E-state index contributed by atoms with van der Waals surface area (Å²) in [5.41, 5.74) is 1.23. The van der Waals surface area contributed by atoms with Crippen LogP contribution in [0.15, 0.2) is 34.8 Å². The zero-order valence-electron chi connectivity index (χ0n) is 10.8. The Balaban J connectivity index is 2.51. The van der Waals surface area contributed by atoms with Crippen LogP contribution in [0.3, 0.4) is 0 Å². The van der Waals surface area contributed by atoms with Crippen LogP contribution >= 0.6 is 27.5 Å². The zero-order chi connectivity index (χ0) is 14.7. The van der Waals surface area contributed by atoms with Gasteiger partial charge in [0.05, 0.1) is 10.0 Å². The second-order valence-electron chi connectivity index (χ2n) is 4.30. The van der Waals surface area contributed by atoms with Crippen molar-refractivity contribution < 1.29 is 8.78 Å². The van der Waals surface area contributed by atoms with Crippen LogP contribution in [0.2, 0.25) is 5.02 Å². The molecule has 106 valence electrons. The minimum atomic E-state index is -0.610. The molecule has 0 radical (unpaired) electrons. The Labute approximate surface area is 130 Å². The predicted molar refractivity (Wildman–Crippen MR) is 81.9 cm³/mol. The minimum Gasteiger partial charge on any atom is -0.313 e. The lowest BCUT2D eigenvalue weighted by molar-refractivity contribution is 0.585. The Kier molecular flexibility index (Phi) is 5.13. The molecule has 0 aliphatic carbocycles. The fraction of sp³-hybridized carbons (Fsp3) is 0.200. The van der Waals surface area contributed by atoms with Gasteiger partial charge < -0.3 is 5.32 Å². The van der Waals surface area contributed by atoms with Crippen LogP contribution in [0.5, 0.6) is 0 Å². The van der Waals surface area contributed by atoms with Crippen molar-refractivity contribution in [3.63, 3.8) is 0 Å². The highest BCUT2D eigenvalue weighted by Crippen LogP contribution is 2.32. The third-order valence-corrected chi connectivity index (χ3v) is 3.93. The first-order valence-electron chi connectivity index (χ1n) is 6.17. The maximum atomic E-state index is 14.1. The molecule has 2 rings (SSSR count). The van der Waals surface area contributed by atoms with E-state index in [2.05, 4.69) is 21.2 Å². The molecule has 2 aromatic rings. The van der Waals surface area contributed by atoms with Crippen molar-refractivity contribution in [3.8, 4) is 11.1 Å². The molecule has 0 amide bonds. The van der Waals surface area contributed by atoms with Gasteiger partial charge in [0, 0.05) is 11.6 Å². The molecule has 0 saturated carbocycles. The molecule has 1 N–H and O–H groups in total. The van der Waals surface area contributed by atoms with Crippen LogP contribution in [-0.4, -0.2) is 6.54 Å². The van der Waals surface area contributed by atoms with E-state index in [0.29, 0.717) is 17.1 Å². The number of nitrogens with one attached hydrogen (secondary N) is 1. The Bertz CT molecular complexity index is 632. The van der Waals surface area contributed by atoms with Crippen LogP contribution in [-0.2, 0) is 6.54 Å². The highest BCUT2D eigenvalue weighted by molar-refractivity contribution is 9.10. The van der Waals surface area contributed by atoms with Crippen LogP contribution in [0, 0.1) is 11.6 Å². The van der Waals surface area contributed by atoms with Crippen molar-refractivity contribution in [2.45, 2.75) is 13.5 Å². The van der Waals surface area contributed by atoms with E-state index in [0.717, 1.165) is 12.1 Å². The van der Waals surface area contributed by atoms with Crippen molar-refractivity contribution in [1.29, 1.82) is 0 Å². The standard InChI is InChI=1S/C15H13BrClF2N/c1-2-20-8-10-7-9(3-5-12(10)17)14-13(18)6-4-11(16)15(14)19/h3-7,20H,2,8H2,1H3. The first-order chi connectivity index (χ1) is 9.54. The van der Waals surface area contributed by atoms with Gasteiger partial charge in [0.15, 0.2) is 0 Å². The number of rotatable bonds is 4. The first kappa shape index (κ1) is 15.4. The number of hydrogen-bond acceptors (Lipinski definition) is 1. The van der Waals surface area contributed by atoms with Crippen LogP contribution in [0.1, 0.15) is 12.5 Å². The topological polar surface area (TPSA) is 12.0 Å². The van der Waals surface area contributed by atoms with Crippen molar-refractivity contribution >= 4 is 27.5 Å². The van der Waals surface area contributed by atoms with Gasteiger partial charge in [-0.25, -0.2) is 8.78 Å². The zero-order valence-corrected chi connectivity index (χ0v) is 13.2. The van der Waals surface area contributed by atoms with Crippen molar-refractivity contribution in [2.75, 3.05) is 6.54 Å². The van der Waals surface area contributed by atoms with E-state index in [1.165, 1.54) is 12.1 Å². The van der Waals surface area contributed by atoms with E-state index >= 15 is 0 Å². The van der Waals surface area contributed by atoms with Gasteiger partial charge in [-0.1, -0.05) is 24.6 Å². The van der Waals surface area contributed by atoms with Crippen molar-refractivity contribution in [1.82, 2.24) is 5.32 Å². The lowest BCUT2D eigenvalue weighted by Crippen LogP contribution is -2.12. The Morgan fingerprint density at radius 1 is 1.20 bits per heavy atom. The van der Waals surface area contributed by atoms with E-state index in [9.17, 15) is 8.78 Å². The molecule has 0 aromatic heterocycles. The molecule has 0 aliphatic heterocycles. The quantitative estimate of drug-likeness (QED) is 0.743. The molecule has 20 heavy (non-hydrogen) atoms. The Morgan fingerprint density at radius 3 is 2.65 bits per heavy atom. The van der Waals surface area contributed by atoms with Gasteiger partial charge in [-0.15, -0.1) is 0 Å². The summed E-state index contributed by atoms with van der Waals surface area (Å²) < 4.78 is 28.2. The minimum absolute atomic E-state index is 0.0474. The van der Waals surface area contributed by atoms with E-state index in [1.54, 1.807) is 18.2 Å². The summed E-state index contributed by atoms with van der Waals surface area (Å²) in [7, 11) is 0. The van der Waals surface area contributed by atoms with Gasteiger partial charge >= 0.3 is 0 Å². The summed E-state index contributed by atoms with van der Waals surface area (Å²) in [4.78, 5) is 0. The first-order valence-corrected chi connectivity index (χ1v) is 7.34. The third kappa shape index (κ3) is 3.19. The molecule has 0 fully saturated rings. The number of benzene rings is 2. The van der Waals surface area contributed by atoms with Gasteiger partial charge in [-0.05, 0) is 57.9 Å². The smallest absolute Gasteiger partial charge is 0.148 e. The van der Waals surface area contributed by atoms with Crippen LogP contribution < -0.4 is 5.32 Å². The number of hydrogen-bond donors (Lipinski definition) is 1. The molecule has 0 bridgehead atoms. The SMILES string of the molecule is CCNCc1cc(-c2c(F)ccc(Br)c2F)ccc1Cl. The molecule has 0 heterocycles. The maximum absolute atomic E-state index is 14.1. The third-order valence-electron chi connectivity index (χ3n) is 2.94. The molecular formula is C15H13BrClF2N. The van der Waals surface area contributed by atoms with E-state index in [1.807, 2.05) is 6.92 Å². The second kappa shape index (κ2) is 6.66. The Hall–Kier alpha value is -0.970. The molecule has 1 nitrogen and oxygen atoms in total. The van der Waals surface area contributed by atoms with Crippen LogP contribution in [0.25, 0.3) is 11.1 Å². The summed E-state index contributed by atoms with van der Waals surface area (Å²) in [6.45, 7) is 3.33. The summed E-state index contributed by atoms with van der Waals surface area (Å²) in [5.74, 6) is -1.20. The summed E-state index contributed by atoms with van der Waals surface area (Å²) >= 11 is 9.17. The lowest BCUT2D eigenvalue weighted by atomic mass is 10.0. The number of halogens is 4. The molecule has 2 aromatic carbocycles. The lowest BCUT2D eigenvalue weighted by Gasteiger charge is -2.11. The normalized spacial score (nSPS) is 10.8. The summed E-state index contributed by atoms with van der Waals surface area (Å²) in [6.07, 6.45) is 0. The fourth-order valence-electron chi connectivity index (χ4n) is 1.92. The highest BCUT2D eigenvalue weighted by Gasteiger charge is 2.15. The largest absolute Gasteiger partial charge is 0.313 e. The van der Waals surface area contributed by atoms with Crippen LogP contribution in [0.4, 0.5) is 8.78 Å². The average molecular weight is 361 g/mol. The van der Waals surface area contributed by atoms with E-state index < -0.39 is 11.6 Å². The van der Waals surface area contributed by atoms with Gasteiger partial charge in [0.1, 0.15) is 11.6 Å². The molecule has 0 atom stereocenters. The van der Waals surface area contributed by atoms with Crippen molar-refractivity contribution in [3.05, 3.63) is 57.0 Å². The fourth-order valence-corrected chi connectivity index (χ4v) is 2.43. The second-order valence-corrected chi connectivity index (χ2v) is 5.57. The molecular weight excluding hydrogens is 348 g/mol. The predicted octanol–water partition coefficient (Wildman–Crippen LogP) is 5.16. The average Bonchev–Trinajstić information content (AvgIpc) is 2.43. The summed E-state index contributed by atoms with van der Waals surface area (Å²) in [5, 5.41) is 3.72. The van der Waals surface area contributed by atoms with Gasteiger partial charge in [0.25, 0.3) is 0 Å². The van der Waals surface area contributed by atoms with Gasteiger partial charge in [-0.2, -0.15) is 0 Å². The maximum Gasteiger partial charge on any atom is 0.148 e. The molecule has 0 saturated heterocycles. The highest BCUT2D eigenvalue weighted by atomic mass is 79.9. The monoisotopic (exact) mass is 359 g/mol. The van der Waals surface area contributed by atoms with Crippen molar-refractivity contribution in [2.24, 2.45) is 0 Å². The molecule has 0 unspecified atom stereocenters. The van der Waals surface area contributed by atoms with E-state index in [4.69, 9.17) is 11.6 Å². The molecule has 0 aliphatic rings. The van der Waals surface area contributed by atoms with Gasteiger partial charge in [-0.3, -0.25) is 0 Å².